The van der Waals surface area contributed by atoms with Crippen LogP contribution < -0.4 is 5.32 Å². The molecule has 0 aliphatic rings. The SMILES string of the molecule is CC(Cc1ccc(F)cc1)NCC(=O)N(C)C(C)C. The molecule has 1 aromatic carbocycles. The minimum atomic E-state index is -0.224. The average molecular weight is 266 g/mol. The first kappa shape index (κ1) is 15.6. The van der Waals surface area contributed by atoms with Gasteiger partial charge in [0, 0.05) is 19.1 Å². The summed E-state index contributed by atoms with van der Waals surface area (Å²) in [6.07, 6.45) is 0.777. The second-order valence-corrected chi connectivity index (χ2v) is 5.21. The van der Waals surface area contributed by atoms with Gasteiger partial charge >= 0.3 is 0 Å². The molecule has 0 aliphatic heterocycles. The predicted octanol–water partition coefficient (Wildman–Crippen LogP) is 2.21. The largest absolute Gasteiger partial charge is 0.342 e. The highest BCUT2D eigenvalue weighted by Gasteiger charge is 2.12. The molecule has 1 atom stereocenters. The molecule has 1 N–H and O–H groups in total. The summed E-state index contributed by atoms with van der Waals surface area (Å²) in [5.74, 6) is -0.140. The van der Waals surface area contributed by atoms with Gasteiger partial charge in [0.05, 0.1) is 6.54 Å². The van der Waals surface area contributed by atoms with Crippen molar-refractivity contribution in [3.63, 3.8) is 0 Å². The number of nitrogens with zero attached hydrogens (tertiary/aromatic N) is 1. The second kappa shape index (κ2) is 7.24. The quantitative estimate of drug-likeness (QED) is 0.856. The summed E-state index contributed by atoms with van der Waals surface area (Å²) in [7, 11) is 1.80. The van der Waals surface area contributed by atoms with E-state index in [-0.39, 0.29) is 23.8 Å². The molecule has 0 bridgehead atoms. The Balaban J connectivity index is 2.37. The lowest BCUT2D eigenvalue weighted by Gasteiger charge is -2.23. The zero-order chi connectivity index (χ0) is 14.4. The highest BCUT2D eigenvalue weighted by molar-refractivity contribution is 5.78. The van der Waals surface area contributed by atoms with Crippen molar-refractivity contribution in [1.29, 1.82) is 0 Å². The molecule has 0 heterocycles. The number of likely N-dealkylation sites (N-methyl/N-ethyl adjacent to an activating group) is 1. The van der Waals surface area contributed by atoms with Crippen LogP contribution in [0.15, 0.2) is 24.3 Å². The third-order valence-electron chi connectivity index (χ3n) is 3.22. The van der Waals surface area contributed by atoms with E-state index in [4.69, 9.17) is 0 Å². The number of nitrogens with one attached hydrogen (secondary N) is 1. The van der Waals surface area contributed by atoms with Crippen LogP contribution in [0.4, 0.5) is 4.39 Å². The van der Waals surface area contributed by atoms with Gasteiger partial charge in [-0.3, -0.25) is 4.79 Å². The van der Waals surface area contributed by atoms with Crippen molar-refractivity contribution in [2.75, 3.05) is 13.6 Å². The van der Waals surface area contributed by atoms with Crippen LogP contribution >= 0.6 is 0 Å². The van der Waals surface area contributed by atoms with Crippen molar-refractivity contribution in [2.24, 2.45) is 0 Å². The van der Waals surface area contributed by atoms with Crippen LogP contribution in [0, 0.1) is 5.82 Å². The molecule has 4 heteroatoms. The normalized spacial score (nSPS) is 12.5. The molecule has 0 aliphatic carbocycles. The number of carbonyl (C=O) groups excluding carboxylic acids is 1. The summed E-state index contributed by atoms with van der Waals surface area (Å²) in [5.41, 5.74) is 1.06. The molecule has 0 saturated carbocycles. The number of amides is 1. The van der Waals surface area contributed by atoms with Crippen LogP contribution in [-0.2, 0) is 11.2 Å². The Bertz CT molecular complexity index is 403. The van der Waals surface area contributed by atoms with Gasteiger partial charge in [-0.2, -0.15) is 0 Å². The van der Waals surface area contributed by atoms with Crippen molar-refractivity contribution in [3.8, 4) is 0 Å². The van der Waals surface area contributed by atoms with Gasteiger partial charge in [-0.05, 0) is 44.9 Å². The number of halogens is 1. The Labute approximate surface area is 114 Å². The van der Waals surface area contributed by atoms with Crippen molar-refractivity contribution >= 4 is 5.91 Å². The lowest BCUT2D eigenvalue weighted by molar-refractivity contribution is -0.130. The van der Waals surface area contributed by atoms with E-state index in [0.29, 0.717) is 6.54 Å². The van der Waals surface area contributed by atoms with E-state index >= 15 is 0 Å². The molecule has 3 nitrogen and oxygen atoms in total. The predicted molar refractivity (Wildman–Crippen MR) is 75.5 cm³/mol. The number of rotatable bonds is 6. The van der Waals surface area contributed by atoms with Gasteiger partial charge in [0.2, 0.25) is 5.91 Å². The Morgan fingerprint density at radius 3 is 2.37 bits per heavy atom. The van der Waals surface area contributed by atoms with E-state index in [9.17, 15) is 9.18 Å². The first-order valence-electron chi connectivity index (χ1n) is 6.63. The van der Waals surface area contributed by atoms with E-state index in [2.05, 4.69) is 5.32 Å². The second-order valence-electron chi connectivity index (χ2n) is 5.21. The van der Waals surface area contributed by atoms with Gasteiger partial charge in [-0.15, -0.1) is 0 Å². The molecular weight excluding hydrogens is 243 g/mol. The van der Waals surface area contributed by atoms with E-state index in [1.165, 1.54) is 12.1 Å². The zero-order valence-electron chi connectivity index (χ0n) is 12.1. The standard InChI is InChI=1S/C15H23FN2O/c1-11(2)18(4)15(19)10-17-12(3)9-13-5-7-14(16)8-6-13/h5-8,11-12,17H,9-10H2,1-4H3. The minimum absolute atomic E-state index is 0.0842. The van der Waals surface area contributed by atoms with Gasteiger partial charge in [-0.1, -0.05) is 12.1 Å². The number of carbonyl (C=O) groups is 1. The minimum Gasteiger partial charge on any atom is -0.342 e. The number of benzene rings is 1. The zero-order valence-corrected chi connectivity index (χ0v) is 12.1. The summed E-state index contributed by atoms with van der Waals surface area (Å²) in [6.45, 7) is 6.32. The Morgan fingerprint density at radius 1 is 1.26 bits per heavy atom. The topological polar surface area (TPSA) is 32.3 Å². The van der Waals surface area contributed by atoms with Crippen LogP contribution in [0.3, 0.4) is 0 Å². The molecule has 1 rings (SSSR count). The molecule has 0 fully saturated rings. The van der Waals surface area contributed by atoms with Gasteiger partial charge < -0.3 is 10.2 Å². The van der Waals surface area contributed by atoms with E-state index in [0.717, 1.165) is 12.0 Å². The maximum atomic E-state index is 12.8. The lowest BCUT2D eigenvalue weighted by atomic mass is 10.1. The van der Waals surface area contributed by atoms with E-state index < -0.39 is 0 Å². The first-order chi connectivity index (χ1) is 8.90. The van der Waals surface area contributed by atoms with Crippen LogP contribution in [-0.4, -0.2) is 36.5 Å². The van der Waals surface area contributed by atoms with Crippen LogP contribution in [0.1, 0.15) is 26.3 Å². The maximum absolute atomic E-state index is 12.8. The molecule has 0 saturated heterocycles. The Morgan fingerprint density at radius 2 is 1.84 bits per heavy atom. The number of hydrogen-bond acceptors (Lipinski definition) is 2. The van der Waals surface area contributed by atoms with Gasteiger partial charge in [-0.25, -0.2) is 4.39 Å². The highest BCUT2D eigenvalue weighted by Crippen LogP contribution is 2.05. The molecule has 0 aromatic heterocycles. The summed E-state index contributed by atoms with van der Waals surface area (Å²) < 4.78 is 12.8. The molecule has 1 aromatic rings. The molecule has 1 unspecified atom stereocenters. The van der Waals surface area contributed by atoms with Gasteiger partial charge in [0.1, 0.15) is 5.82 Å². The van der Waals surface area contributed by atoms with Crippen LogP contribution in [0.2, 0.25) is 0 Å². The average Bonchev–Trinajstić information content (AvgIpc) is 2.37. The van der Waals surface area contributed by atoms with Crippen molar-refractivity contribution < 1.29 is 9.18 Å². The Kier molecular flexibility index (Phi) is 5.96. The summed E-state index contributed by atoms with van der Waals surface area (Å²) in [4.78, 5) is 13.5. The molecule has 0 spiro atoms. The van der Waals surface area contributed by atoms with Gasteiger partial charge in [0.25, 0.3) is 0 Å². The highest BCUT2D eigenvalue weighted by atomic mass is 19.1. The Hall–Kier alpha value is -1.42. The fourth-order valence-electron chi connectivity index (χ4n) is 1.72. The molecule has 1 amide bonds. The smallest absolute Gasteiger partial charge is 0.236 e. The van der Waals surface area contributed by atoms with Crippen LogP contribution in [0.5, 0.6) is 0 Å². The molecule has 0 radical (unpaired) electrons. The van der Waals surface area contributed by atoms with Crippen LogP contribution in [0.25, 0.3) is 0 Å². The monoisotopic (exact) mass is 266 g/mol. The van der Waals surface area contributed by atoms with E-state index in [1.54, 1.807) is 24.1 Å². The first-order valence-corrected chi connectivity index (χ1v) is 6.63. The fraction of sp³-hybridized carbons (Fsp3) is 0.533. The summed E-state index contributed by atoms with van der Waals surface area (Å²) in [5, 5.41) is 3.20. The molecular formula is C15H23FN2O. The lowest BCUT2D eigenvalue weighted by Crippen LogP contribution is -2.42. The van der Waals surface area contributed by atoms with Crippen molar-refractivity contribution in [2.45, 2.75) is 39.3 Å². The van der Waals surface area contributed by atoms with Gasteiger partial charge in [0.15, 0.2) is 0 Å². The summed E-state index contributed by atoms with van der Waals surface area (Å²) >= 11 is 0. The number of hydrogen-bond donors (Lipinski definition) is 1. The summed E-state index contributed by atoms with van der Waals surface area (Å²) in [6, 6.07) is 6.85. The molecule has 106 valence electrons. The fourth-order valence-corrected chi connectivity index (χ4v) is 1.72. The third-order valence-corrected chi connectivity index (χ3v) is 3.22. The molecule has 19 heavy (non-hydrogen) atoms. The van der Waals surface area contributed by atoms with Crippen molar-refractivity contribution in [3.05, 3.63) is 35.6 Å². The maximum Gasteiger partial charge on any atom is 0.236 e. The third kappa shape index (κ3) is 5.39. The van der Waals surface area contributed by atoms with Crippen molar-refractivity contribution in [1.82, 2.24) is 10.2 Å². The van der Waals surface area contributed by atoms with E-state index in [1.807, 2.05) is 20.8 Å².